The molecule has 3 rings (SSSR count). The van der Waals surface area contributed by atoms with Gasteiger partial charge in [-0.2, -0.15) is 4.31 Å². The van der Waals surface area contributed by atoms with Crippen LogP contribution in [0.5, 0.6) is 5.75 Å². The fourth-order valence-corrected chi connectivity index (χ4v) is 6.32. The topological polar surface area (TPSA) is 79.0 Å². The molecule has 1 N–H and O–H groups in total. The molecule has 1 aromatic carbocycles. The third-order valence-electron chi connectivity index (χ3n) is 4.77. The van der Waals surface area contributed by atoms with Gasteiger partial charge in [0.15, 0.2) is 0 Å². The lowest BCUT2D eigenvalue weighted by molar-refractivity contribution is -0.117. The van der Waals surface area contributed by atoms with Gasteiger partial charge in [-0.25, -0.2) is 8.42 Å². The fraction of sp³-hybridized carbons (Fsp3) is 0.450. The molecule has 158 valence electrons. The van der Waals surface area contributed by atoms with Crippen molar-refractivity contribution < 1.29 is 17.9 Å². The maximum atomic E-state index is 12.9. The van der Waals surface area contributed by atoms with Crippen LogP contribution in [0.3, 0.4) is 0 Å². The molecule has 1 fully saturated rings. The number of aryl methyl sites for hydroxylation is 2. The van der Waals surface area contributed by atoms with Crippen molar-refractivity contribution in [3.63, 3.8) is 0 Å². The van der Waals surface area contributed by atoms with Gasteiger partial charge >= 0.3 is 0 Å². The molecule has 1 saturated heterocycles. The van der Waals surface area contributed by atoms with Crippen LogP contribution in [0, 0.1) is 13.8 Å². The Morgan fingerprint density at radius 1 is 1.17 bits per heavy atom. The Morgan fingerprint density at radius 2 is 1.86 bits per heavy atom. The van der Waals surface area contributed by atoms with E-state index in [1.807, 2.05) is 43.9 Å². The summed E-state index contributed by atoms with van der Waals surface area (Å²) in [4.78, 5) is 16.6. The van der Waals surface area contributed by atoms with Crippen molar-refractivity contribution in [1.29, 1.82) is 0 Å². The van der Waals surface area contributed by atoms with Gasteiger partial charge in [0.2, 0.25) is 15.9 Å². The number of hydrogen-bond donors (Lipinski definition) is 1. The molecule has 1 aliphatic rings. The van der Waals surface area contributed by atoms with Gasteiger partial charge < -0.3 is 10.1 Å². The van der Waals surface area contributed by atoms with Crippen molar-refractivity contribution in [1.82, 2.24) is 9.21 Å². The molecule has 0 atom stereocenters. The average Bonchev–Trinajstić information content (AvgIpc) is 3.03. The van der Waals surface area contributed by atoms with E-state index in [0.717, 1.165) is 9.75 Å². The van der Waals surface area contributed by atoms with Crippen LogP contribution in [0.1, 0.15) is 16.7 Å². The molecule has 0 radical (unpaired) electrons. The maximum absolute atomic E-state index is 12.9. The van der Waals surface area contributed by atoms with Gasteiger partial charge in [0.05, 0.1) is 23.7 Å². The molecule has 2 heterocycles. The van der Waals surface area contributed by atoms with Crippen molar-refractivity contribution in [2.24, 2.45) is 0 Å². The molecule has 0 saturated carbocycles. The summed E-state index contributed by atoms with van der Waals surface area (Å²) >= 11 is 1.50. The molecule has 9 heteroatoms. The van der Waals surface area contributed by atoms with Crippen molar-refractivity contribution >= 4 is 33.0 Å². The molecule has 0 unspecified atom stereocenters. The first-order valence-electron chi connectivity index (χ1n) is 9.62. The van der Waals surface area contributed by atoms with Gasteiger partial charge in [-0.15, -0.1) is 11.3 Å². The number of carbonyl (C=O) groups excluding carboxylic acids is 1. The first kappa shape index (κ1) is 21.8. The Kier molecular flexibility index (Phi) is 6.94. The van der Waals surface area contributed by atoms with Crippen molar-refractivity contribution in [3.05, 3.63) is 40.1 Å². The van der Waals surface area contributed by atoms with Gasteiger partial charge in [0.25, 0.3) is 0 Å². The van der Waals surface area contributed by atoms with E-state index in [2.05, 4.69) is 5.32 Å². The molecule has 29 heavy (non-hydrogen) atoms. The predicted molar refractivity (Wildman–Crippen MR) is 115 cm³/mol. The van der Waals surface area contributed by atoms with Gasteiger partial charge in [-0.05, 0) is 39.0 Å². The maximum Gasteiger partial charge on any atom is 0.244 e. The van der Waals surface area contributed by atoms with Gasteiger partial charge in [-0.1, -0.05) is 12.1 Å². The number of benzene rings is 1. The highest BCUT2D eigenvalue weighted by Crippen LogP contribution is 2.28. The van der Waals surface area contributed by atoms with E-state index in [0.29, 0.717) is 49.1 Å². The number of carbonyl (C=O) groups is 1. The lowest BCUT2D eigenvalue weighted by Crippen LogP contribution is -2.50. The van der Waals surface area contributed by atoms with Crippen molar-refractivity contribution in [3.8, 4) is 5.75 Å². The molecule has 1 aliphatic heterocycles. The minimum atomic E-state index is -3.48. The zero-order valence-electron chi connectivity index (χ0n) is 17.0. The van der Waals surface area contributed by atoms with E-state index in [4.69, 9.17) is 4.74 Å². The summed E-state index contributed by atoms with van der Waals surface area (Å²) in [5, 5.41) is 2.88. The van der Waals surface area contributed by atoms with Gasteiger partial charge in [-0.3, -0.25) is 9.69 Å². The zero-order valence-corrected chi connectivity index (χ0v) is 18.6. The van der Waals surface area contributed by atoms with E-state index >= 15 is 0 Å². The van der Waals surface area contributed by atoms with E-state index < -0.39 is 10.0 Å². The Morgan fingerprint density at radius 3 is 2.48 bits per heavy atom. The summed E-state index contributed by atoms with van der Waals surface area (Å²) in [5.41, 5.74) is 0.642. The number of rotatable bonds is 7. The quantitative estimate of drug-likeness (QED) is 0.721. The fourth-order valence-electron chi connectivity index (χ4n) is 3.37. The molecule has 0 bridgehead atoms. The lowest BCUT2D eigenvalue weighted by Gasteiger charge is -2.33. The number of nitrogens with one attached hydrogen (secondary N) is 1. The second-order valence-electron chi connectivity index (χ2n) is 6.94. The minimum Gasteiger partial charge on any atom is -0.492 e. The largest absolute Gasteiger partial charge is 0.492 e. The number of nitrogens with zero attached hydrogens (tertiary/aromatic N) is 2. The standard InChI is InChI=1S/C20H27N3O4S2/c1-4-27-18-8-6-5-7-17(18)21-20(24)14-22-9-11-23(12-10-22)29(25,26)19-13-15(2)28-16(19)3/h5-8,13H,4,9-12,14H2,1-3H3,(H,21,24). The predicted octanol–water partition coefficient (Wildman–Crippen LogP) is 2.71. The Hall–Kier alpha value is -1.94. The average molecular weight is 438 g/mol. The number of ether oxygens (including phenoxy) is 1. The van der Waals surface area contributed by atoms with Crippen LogP contribution in [0.25, 0.3) is 0 Å². The second-order valence-corrected chi connectivity index (χ2v) is 10.3. The first-order valence-corrected chi connectivity index (χ1v) is 11.9. The van der Waals surface area contributed by atoms with E-state index in [1.54, 1.807) is 12.1 Å². The molecule has 2 aromatic rings. The summed E-state index contributed by atoms with van der Waals surface area (Å²) in [5.74, 6) is 0.499. The van der Waals surface area contributed by atoms with Crippen LogP contribution >= 0.6 is 11.3 Å². The number of hydrogen-bond acceptors (Lipinski definition) is 6. The SMILES string of the molecule is CCOc1ccccc1NC(=O)CN1CCN(S(=O)(=O)c2cc(C)sc2C)CC1. The highest BCUT2D eigenvalue weighted by Gasteiger charge is 2.31. The Balaban J connectivity index is 1.56. The molecular weight excluding hydrogens is 410 g/mol. The number of anilines is 1. The summed E-state index contributed by atoms with van der Waals surface area (Å²) in [7, 11) is -3.48. The number of sulfonamides is 1. The van der Waals surface area contributed by atoms with Crippen LogP contribution in [0.2, 0.25) is 0 Å². The van der Waals surface area contributed by atoms with Crippen molar-refractivity contribution in [2.45, 2.75) is 25.7 Å². The first-order chi connectivity index (χ1) is 13.8. The smallest absolute Gasteiger partial charge is 0.244 e. The molecule has 0 aliphatic carbocycles. The number of thiophene rings is 1. The Bertz CT molecular complexity index is 964. The van der Waals surface area contributed by atoms with E-state index in [1.165, 1.54) is 15.6 Å². The van der Waals surface area contributed by atoms with Crippen molar-refractivity contribution in [2.75, 3.05) is 44.6 Å². The zero-order chi connectivity index (χ0) is 21.0. The minimum absolute atomic E-state index is 0.141. The van der Waals surface area contributed by atoms with Gasteiger partial charge in [0.1, 0.15) is 5.75 Å². The van der Waals surface area contributed by atoms with Crippen LogP contribution in [0.15, 0.2) is 35.2 Å². The molecule has 1 aromatic heterocycles. The highest BCUT2D eigenvalue weighted by molar-refractivity contribution is 7.89. The summed E-state index contributed by atoms with van der Waals surface area (Å²) in [6, 6.07) is 9.06. The third kappa shape index (κ3) is 5.16. The second kappa shape index (κ2) is 9.25. The molecular formula is C20H27N3O4S2. The number of amides is 1. The number of para-hydroxylation sites is 2. The Labute approximate surface area is 176 Å². The molecule has 0 spiro atoms. The van der Waals surface area contributed by atoms with Crippen LogP contribution in [-0.4, -0.2) is 62.9 Å². The highest BCUT2D eigenvalue weighted by atomic mass is 32.2. The summed E-state index contributed by atoms with van der Waals surface area (Å²) in [6.45, 7) is 8.16. The van der Waals surface area contributed by atoms with E-state index in [-0.39, 0.29) is 12.5 Å². The molecule has 7 nitrogen and oxygen atoms in total. The normalized spacial score (nSPS) is 16.0. The number of piperazine rings is 1. The molecule has 1 amide bonds. The monoisotopic (exact) mass is 437 g/mol. The van der Waals surface area contributed by atoms with E-state index in [9.17, 15) is 13.2 Å². The lowest BCUT2D eigenvalue weighted by atomic mass is 10.3. The summed E-state index contributed by atoms with van der Waals surface area (Å²) < 4.78 is 32.9. The van der Waals surface area contributed by atoms with Crippen LogP contribution < -0.4 is 10.1 Å². The van der Waals surface area contributed by atoms with Gasteiger partial charge in [0, 0.05) is 35.9 Å². The van der Waals surface area contributed by atoms with Crippen LogP contribution in [0.4, 0.5) is 5.69 Å². The third-order valence-corrected chi connectivity index (χ3v) is 7.89. The van der Waals surface area contributed by atoms with Crippen LogP contribution in [-0.2, 0) is 14.8 Å². The summed E-state index contributed by atoms with van der Waals surface area (Å²) in [6.07, 6.45) is 0.